The average molecular weight is 288 g/mol. The maximum absolute atomic E-state index is 12.3. The third kappa shape index (κ3) is 4.14. The number of primary amides is 1. The van der Waals surface area contributed by atoms with Gasteiger partial charge in [-0.15, -0.1) is 0 Å². The van der Waals surface area contributed by atoms with Crippen LogP contribution in [-0.2, 0) is 4.79 Å². The first-order valence-electron chi connectivity index (χ1n) is 7.62. The number of rotatable bonds is 5. The van der Waals surface area contributed by atoms with E-state index in [4.69, 9.17) is 5.73 Å². The minimum absolute atomic E-state index is 0.0262. The maximum Gasteiger partial charge on any atom is 0.220 e. The summed E-state index contributed by atoms with van der Waals surface area (Å²) in [7, 11) is 0. The Kier molecular flexibility index (Phi) is 5.12. The Balaban J connectivity index is 1.89. The van der Waals surface area contributed by atoms with Crippen LogP contribution in [0.25, 0.3) is 0 Å². The Labute approximate surface area is 126 Å². The molecule has 4 heteroatoms. The monoisotopic (exact) mass is 288 g/mol. The molecule has 0 aromatic heterocycles. The molecule has 1 aliphatic heterocycles. The molecule has 21 heavy (non-hydrogen) atoms. The van der Waals surface area contributed by atoms with Crippen LogP contribution in [0.4, 0.5) is 0 Å². The highest BCUT2D eigenvalue weighted by atomic mass is 16.1. The number of Topliss-reactive ketones (excluding diaryl/α,β-unsaturated/α-hetero) is 1. The summed E-state index contributed by atoms with van der Waals surface area (Å²) in [6.07, 6.45) is 1.52. The van der Waals surface area contributed by atoms with E-state index < -0.39 is 0 Å². The van der Waals surface area contributed by atoms with Crippen LogP contribution < -0.4 is 5.73 Å². The number of amides is 1. The largest absolute Gasteiger partial charge is 0.369 e. The molecule has 0 unspecified atom stereocenters. The minimum atomic E-state index is -0.217. The van der Waals surface area contributed by atoms with Gasteiger partial charge < -0.3 is 5.73 Å². The Morgan fingerprint density at radius 1 is 1.19 bits per heavy atom. The SMILES string of the molecule is CC(C)c1ccc(C(=O)CN2CCC(C(N)=O)CC2)cc1. The lowest BCUT2D eigenvalue weighted by atomic mass is 9.95. The van der Waals surface area contributed by atoms with Gasteiger partial charge >= 0.3 is 0 Å². The van der Waals surface area contributed by atoms with Gasteiger partial charge in [0.15, 0.2) is 5.78 Å². The van der Waals surface area contributed by atoms with Crippen LogP contribution in [0, 0.1) is 5.92 Å². The summed E-state index contributed by atoms with van der Waals surface area (Å²) in [6.45, 7) is 6.23. The first-order valence-corrected chi connectivity index (χ1v) is 7.62. The lowest BCUT2D eigenvalue weighted by Crippen LogP contribution is -2.40. The molecular weight excluding hydrogens is 264 g/mol. The summed E-state index contributed by atoms with van der Waals surface area (Å²) in [5, 5.41) is 0. The molecule has 4 nitrogen and oxygen atoms in total. The Morgan fingerprint density at radius 3 is 2.24 bits per heavy atom. The minimum Gasteiger partial charge on any atom is -0.369 e. The number of piperidine rings is 1. The van der Waals surface area contributed by atoms with Crippen LogP contribution in [0.1, 0.15) is 48.5 Å². The molecule has 0 bridgehead atoms. The first-order chi connectivity index (χ1) is 9.97. The quantitative estimate of drug-likeness (QED) is 0.845. The van der Waals surface area contributed by atoms with E-state index in [9.17, 15) is 9.59 Å². The van der Waals surface area contributed by atoms with Crippen LogP contribution in [0.5, 0.6) is 0 Å². The molecule has 0 atom stereocenters. The number of nitrogens with zero attached hydrogens (tertiary/aromatic N) is 1. The van der Waals surface area contributed by atoms with E-state index in [1.807, 2.05) is 24.3 Å². The summed E-state index contributed by atoms with van der Waals surface area (Å²) in [5.41, 5.74) is 7.32. The second kappa shape index (κ2) is 6.85. The van der Waals surface area contributed by atoms with E-state index in [0.717, 1.165) is 31.5 Å². The zero-order chi connectivity index (χ0) is 15.4. The van der Waals surface area contributed by atoms with Crippen LogP contribution >= 0.6 is 0 Å². The second-order valence-corrected chi connectivity index (χ2v) is 6.15. The number of hydrogen-bond acceptors (Lipinski definition) is 3. The van der Waals surface area contributed by atoms with Gasteiger partial charge in [0.25, 0.3) is 0 Å². The van der Waals surface area contributed by atoms with Gasteiger partial charge in [0.2, 0.25) is 5.91 Å². The summed E-state index contributed by atoms with van der Waals surface area (Å²) in [4.78, 5) is 25.5. The van der Waals surface area contributed by atoms with Crippen LogP contribution in [0.15, 0.2) is 24.3 Å². The third-order valence-electron chi connectivity index (χ3n) is 4.26. The Morgan fingerprint density at radius 2 is 1.76 bits per heavy atom. The number of likely N-dealkylation sites (tertiary alicyclic amines) is 1. The van der Waals surface area contributed by atoms with Crippen molar-refractivity contribution in [2.45, 2.75) is 32.6 Å². The van der Waals surface area contributed by atoms with Crippen molar-refractivity contribution in [1.82, 2.24) is 4.90 Å². The first kappa shape index (κ1) is 15.7. The van der Waals surface area contributed by atoms with E-state index >= 15 is 0 Å². The van der Waals surface area contributed by atoms with Gasteiger partial charge in [-0.3, -0.25) is 14.5 Å². The highest BCUT2D eigenvalue weighted by Crippen LogP contribution is 2.18. The maximum atomic E-state index is 12.3. The van der Waals surface area contributed by atoms with Crippen molar-refractivity contribution in [3.8, 4) is 0 Å². The smallest absolute Gasteiger partial charge is 0.220 e. The number of nitrogens with two attached hydrogens (primary N) is 1. The second-order valence-electron chi connectivity index (χ2n) is 6.15. The summed E-state index contributed by atoms with van der Waals surface area (Å²) in [6, 6.07) is 7.87. The van der Waals surface area contributed by atoms with Crippen molar-refractivity contribution in [2.75, 3.05) is 19.6 Å². The summed E-state index contributed by atoms with van der Waals surface area (Å²) < 4.78 is 0. The zero-order valence-electron chi connectivity index (χ0n) is 12.8. The molecule has 1 fully saturated rings. The van der Waals surface area contributed by atoms with E-state index in [1.165, 1.54) is 5.56 Å². The van der Waals surface area contributed by atoms with Crippen molar-refractivity contribution >= 4 is 11.7 Å². The topological polar surface area (TPSA) is 63.4 Å². The molecule has 0 saturated carbocycles. The van der Waals surface area contributed by atoms with Gasteiger partial charge in [-0.25, -0.2) is 0 Å². The number of carbonyl (C=O) groups excluding carboxylic acids is 2. The molecule has 2 N–H and O–H groups in total. The standard InChI is InChI=1S/C17H24N2O2/c1-12(2)13-3-5-14(6-4-13)16(20)11-19-9-7-15(8-10-19)17(18)21/h3-6,12,15H,7-11H2,1-2H3,(H2,18,21). The highest BCUT2D eigenvalue weighted by molar-refractivity contribution is 5.97. The Bertz CT molecular complexity index is 500. The number of benzene rings is 1. The molecule has 1 aromatic carbocycles. The Hall–Kier alpha value is -1.68. The molecule has 0 radical (unpaired) electrons. The molecule has 1 aliphatic rings. The van der Waals surface area contributed by atoms with E-state index in [-0.39, 0.29) is 17.6 Å². The lowest BCUT2D eigenvalue weighted by Gasteiger charge is -2.29. The molecule has 0 spiro atoms. The fraction of sp³-hybridized carbons (Fsp3) is 0.529. The fourth-order valence-corrected chi connectivity index (χ4v) is 2.72. The highest BCUT2D eigenvalue weighted by Gasteiger charge is 2.24. The van der Waals surface area contributed by atoms with Gasteiger partial charge in [-0.1, -0.05) is 38.1 Å². The average Bonchev–Trinajstić information content (AvgIpc) is 2.47. The van der Waals surface area contributed by atoms with Crippen LogP contribution in [0.3, 0.4) is 0 Å². The van der Waals surface area contributed by atoms with Gasteiger partial charge in [0.05, 0.1) is 6.54 Å². The van der Waals surface area contributed by atoms with E-state index in [2.05, 4.69) is 18.7 Å². The fourth-order valence-electron chi connectivity index (χ4n) is 2.72. The van der Waals surface area contributed by atoms with E-state index in [1.54, 1.807) is 0 Å². The molecule has 1 aromatic rings. The van der Waals surface area contributed by atoms with Crippen molar-refractivity contribution in [1.29, 1.82) is 0 Å². The van der Waals surface area contributed by atoms with Gasteiger partial charge in [0, 0.05) is 11.5 Å². The predicted molar refractivity (Wildman–Crippen MR) is 83.2 cm³/mol. The van der Waals surface area contributed by atoms with Gasteiger partial charge in [-0.05, 0) is 37.4 Å². The molecule has 2 rings (SSSR count). The van der Waals surface area contributed by atoms with Crippen LogP contribution in [-0.4, -0.2) is 36.2 Å². The van der Waals surface area contributed by atoms with Crippen molar-refractivity contribution < 1.29 is 9.59 Å². The lowest BCUT2D eigenvalue weighted by molar-refractivity contribution is -0.123. The molecular formula is C17H24N2O2. The van der Waals surface area contributed by atoms with Crippen molar-refractivity contribution in [2.24, 2.45) is 11.7 Å². The molecule has 0 aliphatic carbocycles. The number of ketones is 1. The number of carbonyl (C=O) groups is 2. The summed E-state index contributed by atoms with van der Waals surface area (Å²) >= 11 is 0. The molecule has 1 amide bonds. The molecule has 114 valence electrons. The number of hydrogen-bond donors (Lipinski definition) is 1. The third-order valence-corrected chi connectivity index (χ3v) is 4.26. The van der Waals surface area contributed by atoms with E-state index in [0.29, 0.717) is 12.5 Å². The van der Waals surface area contributed by atoms with Gasteiger partial charge in [-0.2, -0.15) is 0 Å². The van der Waals surface area contributed by atoms with Crippen molar-refractivity contribution in [3.05, 3.63) is 35.4 Å². The van der Waals surface area contributed by atoms with Crippen molar-refractivity contribution in [3.63, 3.8) is 0 Å². The molecule has 1 heterocycles. The van der Waals surface area contributed by atoms with Gasteiger partial charge in [0.1, 0.15) is 0 Å². The predicted octanol–water partition coefficient (Wildman–Crippen LogP) is 2.19. The summed E-state index contributed by atoms with van der Waals surface area (Å²) in [5.74, 6) is 0.372. The molecule has 1 saturated heterocycles. The zero-order valence-corrected chi connectivity index (χ0v) is 12.8. The normalized spacial score (nSPS) is 17.1. The van der Waals surface area contributed by atoms with Crippen LogP contribution in [0.2, 0.25) is 0 Å².